The first kappa shape index (κ1) is 22.4. The summed E-state index contributed by atoms with van der Waals surface area (Å²) in [7, 11) is 1.71. The van der Waals surface area contributed by atoms with Crippen molar-refractivity contribution in [3.8, 4) is 11.4 Å². The van der Waals surface area contributed by atoms with Gasteiger partial charge in [0.25, 0.3) is 0 Å². The van der Waals surface area contributed by atoms with Crippen molar-refractivity contribution in [1.82, 2.24) is 15.0 Å². The van der Waals surface area contributed by atoms with Gasteiger partial charge in [0.2, 0.25) is 0 Å². The van der Waals surface area contributed by atoms with Crippen LogP contribution in [0.3, 0.4) is 0 Å². The number of aromatic nitrogens is 3. The number of rotatable bonds is 12. The number of methoxy groups -OCH3 is 1. The van der Waals surface area contributed by atoms with Gasteiger partial charge in [0.15, 0.2) is 0 Å². The van der Waals surface area contributed by atoms with Crippen LogP contribution < -0.4 is 5.32 Å². The molecule has 3 aromatic rings. The lowest BCUT2D eigenvalue weighted by molar-refractivity contribution is 0.218. The maximum atomic E-state index is 10.6. The van der Waals surface area contributed by atoms with Crippen LogP contribution in [0.25, 0.3) is 16.7 Å². The Morgan fingerprint density at radius 1 is 1.13 bits per heavy atom. The first-order valence-corrected chi connectivity index (χ1v) is 11.7. The third kappa shape index (κ3) is 5.89. The van der Waals surface area contributed by atoms with Crippen LogP contribution in [0.4, 0.5) is 5.69 Å². The zero-order valence-electron chi connectivity index (χ0n) is 18.1. The van der Waals surface area contributed by atoms with Gasteiger partial charge in [0.1, 0.15) is 22.5 Å². The average molecular weight is 429 g/mol. The number of fused-ring (bicyclic) bond motifs is 1. The number of unbranched alkanes of at least 4 members (excludes halogenated alkanes) is 1. The average Bonchev–Trinajstić information content (AvgIpc) is 3.17. The second kappa shape index (κ2) is 11.2. The lowest BCUT2D eigenvalue weighted by atomic mass is 9.99. The van der Waals surface area contributed by atoms with Gasteiger partial charge in [0, 0.05) is 36.1 Å². The topological polar surface area (TPSA) is 72.2 Å². The van der Waals surface area contributed by atoms with Crippen molar-refractivity contribution >= 4 is 28.5 Å². The summed E-state index contributed by atoms with van der Waals surface area (Å²) in [5.41, 5.74) is 3.10. The molecule has 0 aliphatic carbocycles. The van der Waals surface area contributed by atoms with Gasteiger partial charge < -0.3 is 15.2 Å². The Bertz CT molecular complexity index is 944. The summed E-state index contributed by atoms with van der Waals surface area (Å²) in [5, 5.41) is 23.1. The number of nitrogens with one attached hydrogen (secondary N) is 1. The minimum absolute atomic E-state index is 0.164. The smallest absolute Gasteiger partial charge is 0.145 e. The summed E-state index contributed by atoms with van der Waals surface area (Å²) in [6, 6.07) is 11.6. The molecule has 2 aromatic carbocycles. The minimum atomic E-state index is 0.164. The zero-order valence-corrected chi connectivity index (χ0v) is 18.9. The normalized spacial score (nSPS) is 12.4. The third-order valence-corrected chi connectivity index (χ3v) is 6.20. The molecule has 1 heterocycles. The highest BCUT2D eigenvalue weighted by Gasteiger charge is 2.11. The highest BCUT2D eigenvalue weighted by atomic mass is 32.2. The van der Waals surface area contributed by atoms with Crippen molar-refractivity contribution in [2.45, 2.75) is 44.4 Å². The molecule has 1 unspecified atom stereocenters. The van der Waals surface area contributed by atoms with Gasteiger partial charge in [0.05, 0.1) is 6.61 Å². The number of benzene rings is 2. The highest BCUT2D eigenvalue weighted by molar-refractivity contribution is 7.99. The molecule has 0 aliphatic rings. The standard InChI is InChI=1S/C23H32N4O2S/c1-4-6-7-17(5-2)16-24-18-8-11-22(23(28)14-18)27-25-20-10-9-19(15-21(20)26-27)30-13-12-29-3/h8-11,14-15,17,24,28H,4-7,12-13,16H2,1-3H3. The molecule has 0 radical (unpaired) electrons. The molecule has 0 saturated carbocycles. The predicted octanol–water partition coefficient (Wildman–Crippen LogP) is 5.49. The maximum absolute atomic E-state index is 10.6. The number of hydrogen-bond acceptors (Lipinski definition) is 6. The van der Waals surface area contributed by atoms with E-state index >= 15 is 0 Å². The van der Waals surface area contributed by atoms with Gasteiger partial charge in [-0.05, 0) is 42.7 Å². The minimum Gasteiger partial charge on any atom is -0.506 e. The van der Waals surface area contributed by atoms with Crippen LogP contribution in [0.2, 0.25) is 0 Å². The van der Waals surface area contributed by atoms with Crippen molar-refractivity contribution < 1.29 is 9.84 Å². The monoisotopic (exact) mass is 428 g/mol. The van der Waals surface area contributed by atoms with Crippen molar-refractivity contribution in [2.75, 3.05) is 31.3 Å². The van der Waals surface area contributed by atoms with E-state index in [1.165, 1.54) is 24.1 Å². The van der Waals surface area contributed by atoms with E-state index in [9.17, 15) is 5.11 Å². The third-order valence-electron chi connectivity index (χ3n) is 5.24. The molecule has 6 nitrogen and oxygen atoms in total. The number of hydrogen-bond donors (Lipinski definition) is 2. The molecule has 1 aromatic heterocycles. The molecular formula is C23H32N4O2S. The van der Waals surface area contributed by atoms with Gasteiger partial charge in [-0.2, -0.15) is 0 Å². The van der Waals surface area contributed by atoms with E-state index in [4.69, 9.17) is 4.74 Å². The Morgan fingerprint density at radius 3 is 2.70 bits per heavy atom. The van der Waals surface area contributed by atoms with Crippen molar-refractivity contribution in [3.05, 3.63) is 36.4 Å². The molecule has 7 heteroatoms. The lowest BCUT2D eigenvalue weighted by Gasteiger charge is -2.16. The number of phenolic OH excluding ortho intramolecular Hbond substituents is 1. The first-order valence-electron chi connectivity index (χ1n) is 10.7. The van der Waals surface area contributed by atoms with Crippen LogP contribution in [0.15, 0.2) is 41.3 Å². The number of thioether (sulfide) groups is 1. The molecule has 0 fully saturated rings. The Kier molecular flexibility index (Phi) is 8.39. The van der Waals surface area contributed by atoms with Crippen LogP contribution in [0.1, 0.15) is 39.5 Å². The second-order valence-corrected chi connectivity index (χ2v) is 8.65. The fourth-order valence-electron chi connectivity index (χ4n) is 3.34. The summed E-state index contributed by atoms with van der Waals surface area (Å²) in [6.45, 7) is 6.09. The van der Waals surface area contributed by atoms with E-state index in [2.05, 4.69) is 29.4 Å². The van der Waals surface area contributed by atoms with E-state index in [0.29, 0.717) is 18.2 Å². The largest absolute Gasteiger partial charge is 0.506 e. The summed E-state index contributed by atoms with van der Waals surface area (Å²) in [4.78, 5) is 2.63. The molecule has 0 spiro atoms. The molecule has 162 valence electrons. The van der Waals surface area contributed by atoms with Crippen LogP contribution in [-0.2, 0) is 4.74 Å². The summed E-state index contributed by atoms with van der Waals surface area (Å²) < 4.78 is 5.10. The van der Waals surface area contributed by atoms with Crippen molar-refractivity contribution in [3.63, 3.8) is 0 Å². The number of aromatic hydroxyl groups is 1. The molecule has 0 saturated heterocycles. The molecule has 3 rings (SSSR count). The molecule has 0 amide bonds. The SMILES string of the molecule is CCCCC(CC)CNc1ccc(-n2nc3ccc(SCCOC)cc3n2)c(O)c1. The van der Waals surface area contributed by atoms with E-state index in [1.807, 2.05) is 30.3 Å². The number of ether oxygens (including phenoxy) is 1. The number of phenols is 1. The van der Waals surface area contributed by atoms with Crippen LogP contribution in [0.5, 0.6) is 5.75 Å². The molecule has 2 N–H and O–H groups in total. The number of anilines is 1. The van der Waals surface area contributed by atoms with E-state index in [0.717, 1.165) is 40.3 Å². The van der Waals surface area contributed by atoms with E-state index < -0.39 is 0 Å². The fourth-order valence-corrected chi connectivity index (χ4v) is 4.19. The zero-order chi connectivity index (χ0) is 21.3. The lowest BCUT2D eigenvalue weighted by Crippen LogP contribution is -2.13. The molecular weight excluding hydrogens is 396 g/mol. The van der Waals surface area contributed by atoms with Crippen molar-refractivity contribution in [1.29, 1.82) is 0 Å². The van der Waals surface area contributed by atoms with Gasteiger partial charge in [-0.1, -0.05) is 33.1 Å². The van der Waals surface area contributed by atoms with Gasteiger partial charge in [-0.3, -0.25) is 0 Å². The summed E-state index contributed by atoms with van der Waals surface area (Å²) >= 11 is 1.72. The Balaban J connectivity index is 1.70. The highest BCUT2D eigenvalue weighted by Crippen LogP contribution is 2.27. The van der Waals surface area contributed by atoms with Gasteiger partial charge in [-0.25, -0.2) is 0 Å². The van der Waals surface area contributed by atoms with Crippen LogP contribution in [0, 0.1) is 5.92 Å². The predicted molar refractivity (Wildman–Crippen MR) is 125 cm³/mol. The Labute approximate surface area is 183 Å². The van der Waals surface area contributed by atoms with Gasteiger partial charge in [-0.15, -0.1) is 26.8 Å². The molecule has 30 heavy (non-hydrogen) atoms. The Hall–Kier alpha value is -2.25. The van der Waals surface area contributed by atoms with Gasteiger partial charge >= 0.3 is 0 Å². The summed E-state index contributed by atoms with van der Waals surface area (Å²) in [6.07, 6.45) is 4.88. The number of nitrogens with zero attached hydrogens (tertiary/aromatic N) is 3. The first-order chi connectivity index (χ1) is 14.6. The quantitative estimate of drug-likeness (QED) is 0.293. The Morgan fingerprint density at radius 2 is 1.97 bits per heavy atom. The second-order valence-electron chi connectivity index (χ2n) is 7.48. The summed E-state index contributed by atoms with van der Waals surface area (Å²) in [5.74, 6) is 1.71. The molecule has 1 atom stereocenters. The maximum Gasteiger partial charge on any atom is 0.145 e. The molecule has 0 aliphatic heterocycles. The van der Waals surface area contributed by atoms with E-state index in [-0.39, 0.29) is 5.75 Å². The van der Waals surface area contributed by atoms with Crippen molar-refractivity contribution in [2.24, 2.45) is 5.92 Å². The molecule has 0 bridgehead atoms. The van der Waals surface area contributed by atoms with Crippen LogP contribution >= 0.6 is 11.8 Å². The van der Waals surface area contributed by atoms with E-state index in [1.54, 1.807) is 24.9 Å². The van der Waals surface area contributed by atoms with Crippen LogP contribution in [-0.4, -0.2) is 46.1 Å². The fraction of sp³-hybridized carbons (Fsp3) is 0.478.